The first-order chi connectivity index (χ1) is 14.5. The fourth-order valence-corrected chi connectivity index (χ4v) is 4.71. The van der Waals surface area contributed by atoms with E-state index in [1.165, 1.54) is 18.4 Å². The molecule has 30 heavy (non-hydrogen) atoms. The third-order valence-electron chi connectivity index (χ3n) is 5.12. The van der Waals surface area contributed by atoms with Gasteiger partial charge in [0.2, 0.25) is 0 Å². The molecule has 1 saturated heterocycles. The van der Waals surface area contributed by atoms with Crippen LogP contribution in [0.25, 0.3) is 10.2 Å². The predicted molar refractivity (Wildman–Crippen MR) is 116 cm³/mol. The Morgan fingerprint density at radius 3 is 2.80 bits per heavy atom. The van der Waals surface area contributed by atoms with Gasteiger partial charge in [-0.05, 0) is 43.7 Å². The number of benzene rings is 1. The van der Waals surface area contributed by atoms with Gasteiger partial charge in [0.25, 0.3) is 5.91 Å². The van der Waals surface area contributed by atoms with Crippen LogP contribution in [0.15, 0.2) is 42.5 Å². The van der Waals surface area contributed by atoms with E-state index in [9.17, 15) is 14.7 Å². The molecule has 3 heterocycles. The van der Waals surface area contributed by atoms with Crippen molar-refractivity contribution in [3.05, 3.63) is 58.6 Å². The van der Waals surface area contributed by atoms with E-state index in [-0.39, 0.29) is 12.0 Å². The summed E-state index contributed by atoms with van der Waals surface area (Å²) in [6.45, 7) is 2.19. The van der Waals surface area contributed by atoms with E-state index in [1.807, 2.05) is 18.2 Å². The van der Waals surface area contributed by atoms with E-state index in [4.69, 9.17) is 9.72 Å². The van der Waals surface area contributed by atoms with Gasteiger partial charge in [-0.2, -0.15) is 0 Å². The van der Waals surface area contributed by atoms with Crippen LogP contribution in [0.4, 0.5) is 5.69 Å². The Kier molecular flexibility index (Phi) is 6.08. The Balaban J connectivity index is 1.64. The Labute approximate surface area is 178 Å². The van der Waals surface area contributed by atoms with Crippen molar-refractivity contribution in [1.82, 2.24) is 9.88 Å². The van der Waals surface area contributed by atoms with Crippen molar-refractivity contribution in [3.63, 3.8) is 0 Å². The van der Waals surface area contributed by atoms with Crippen molar-refractivity contribution in [3.8, 4) is 0 Å². The highest BCUT2D eigenvalue weighted by molar-refractivity contribution is 7.21. The summed E-state index contributed by atoms with van der Waals surface area (Å²) in [5.41, 5.74) is 1.78. The van der Waals surface area contributed by atoms with Gasteiger partial charge in [0, 0.05) is 24.0 Å². The van der Waals surface area contributed by atoms with Crippen LogP contribution in [0.2, 0.25) is 0 Å². The number of nitrogens with zero attached hydrogens (tertiary/aromatic N) is 2. The normalized spacial score (nSPS) is 17.1. The van der Waals surface area contributed by atoms with Crippen molar-refractivity contribution in [2.45, 2.75) is 25.5 Å². The topological polar surface area (TPSA) is 91.8 Å². The fourth-order valence-electron chi connectivity index (χ4n) is 3.64. The second kappa shape index (κ2) is 8.91. The summed E-state index contributed by atoms with van der Waals surface area (Å²) in [6.07, 6.45) is 1.50. The molecule has 2 aromatic heterocycles. The molecule has 1 atom stereocenters. The van der Waals surface area contributed by atoms with E-state index < -0.39 is 5.97 Å². The summed E-state index contributed by atoms with van der Waals surface area (Å²) < 4.78 is 4.91. The average molecular weight is 426 g/mol. The molecule has 0 spiro atoms. The molecular formula is C22H23N3O4S. The number of amides is 1. The van der Waals surface area contributed by atoms with Crippen molar-refractivity contribution < 1.29 is 19.4 Å². The molecule has 7 nitrogen and oxygen atoms in total. The van der Waals surface area contributed by atoms with Gasteiger partial charge in [0.15, 0.2) is 0 Å². The number of nitrogens with one attached hydrogen (secondary N) is 1. The number of aliphatic hydroxyl groups is 1. The van der Waals surface area contributed by atoms with E-state index in [0.29, 0.717) is 39.4 Å². The summed E-state index contributed by atoms with van der Waals surface area (Å²) in [4.78, 5) is 32.9. The number of carbonyl (C=O) groups excluding carboxylic acids is 2. The Bertz CT molecular complexity index is 1070. The average Bonchev–Trinajstić information content (AvgIpc) is 3.11. The van der Waals surface area contributed by atoms with Gasteiger partial charge in [-0.1, -0.05) is 18.2 Å². The molecule has 1 fully saturated rings. The number of hydrogen-bond donors (Lipinski definition) is 2. The molecule has 3 aromatic rings. The van der Waals surface area contributed by atoms with Crippen LogP contribution in [-0.2, 0) is 11.3 Å². The maximum absolute atomic E-state index is 12.7. The maximum Gasteiger partial charge on any atom is 0.350 e. The highest BCUT2D eigenvalue weighted by atomic mass is 32.1. The highest BCUT2D eigenvalue weighted by Gasteiger charge is 2.23. The first-order valence-corrected chi connectivity index (χ1v) is 10.6. The number of piperidine rings is 1. The first kappa shape index (κ1) is 20.5. The summed E-state index contributed by atoms with van der Waals surface area (Å²) in [5.74, 6) is -0.811. The third kappa shape index (κ3) is 4.35. The molecule has 2 N–H and O–H groups in total. The molecule has 0 bridgehead atoms. The first-order valence-electron chi connectivity index (χ1n) is 9.82. The van der Waals surface area contributed by atoms with Crippen LogP contribution in [0.5, 0.6) is 0 Å². The quantitative estimate of drug-likeness (QED) is 0.610. The Hall–Kier alpha value is -2.81. The number of esters is 1. The number of carbonyl (C=O) groups is 2. The lowest BCUT2D eigenvalue weighted by Crippen LogP contribution is -2.37. The van der Waals surface area contributed by atoms with E-state index in [0.717, 1.165) is 25.1 Å². The number of aliphatic hydroxyl groups excluding tert-OH is 1. The van der Waals surface area contributed by atoms with Crippen LogP contribution in [0, 0.1) is 0 Å². The van der Waals surface area contributed by atoms with E-state index in [2.05, 4.69) is 10.2 Å². The van der Waals surface area contributed by atoms with Crippen LogP contribution in [0.3, 0.4) is 0 Å². The second-order valence-corrected chi connectivity index (χ2v) is 8.30. The zero-order valence-corrected chi connectivity index (χ0v) is 17.4. The van der Waals surface area contributed by atoms with Gasteiger partial charge in [-0.25, -0.2) is 9.78 Å². The molecule has 0 saturated carbocycles. The molecule has 8 heteroatoms. The summed E-state index contributed by atoms with van der Waals surface area (Å²) in [7, 11) is 1.32. The number of ether oxygens (including phenoxy) is 1. The lowest BCUT2D eigenvalue weighted by atomic mass is 10.1. The molecule has 1 unspecified atom stereocenters. The van der Waals surface area contributed by atoms with Gasteiger partial charge in [0.05, 0.1) is 24.6 Å². The SMILES string of the molecule is COC(=O)c1sc2nc(CN3CCCC(O)C3)ccc2c1NC(=O)c1ccccc1. The number of hydrogen-bond acceptors (Lipinski definition) is 7. The van der Waals surface area contributed by atoms with Gasteiger partial charge in [-0.15, -0.1) is 11.3 Å². The fraction of sp³-hybridized carbons (Fsp3) is 0.318. The smallest absolute Gasteiger partial charge is 0.350 e. The predicted octanol–water partition coefficient (Wildman–Crippen LogP) is 3.29. The number of β-amino-alcohol motifs (C(OH)–C–C–N with tert-alkyl or cyclic N) is 1. The number of pyridine rings is 1. The minimum atomic E-state index is -0.512. The molecule has 0 aliphatic carbocycles. The highest BCUT2D eigenvalue weighted by Crippen LogP contribution is 2.36. The van der Waals surface area contributed by atoms with Crippen molar-refractivity contribution in [1.29, 1.82) is 0 Å². The second-order valence-electron chi connectivity index (χ2n) is 7.30. The number of rotatable bonds is 5. The van der Waals surface area contributed by atoms with Crippen molar-refractivity contribution in [2.75, 3.05) is 25.5 Å². The summed E-state index contributed by atoms with van der Waals surface area (Å²) >= 11 is 1.20. The number of methoxy groups -OCH3 is 1. The number of likely N-dealkylation sites (tertiary alicyclic amines) is 1. The van der Waals surface area contributed by atoms with Crippen LogP contribution in [-0.4, -0.2) is 53.2 Å². The zero-order valence-electron chi connectivity index (χ0n) is 16.6. The van der Waals surface area contributed by atoms with Gasteiger partial charge in [-0.3, -0.25) is 9.69 Å². The summed E-state index contributed by atoms with van der Waals surface area (Å²) in [6, 6.07) is 12.6. The molecular weight excluding hydrogens is 402 g/mol. The lowest BCUT2D eigenvalue weighted by Gasteiger charge is -2.29. The van der Waals surface area contributed by atoms with Gasteiger partial charge in [0.1, 0.15) is 9.71 Å². The number of fused-ring (bicyclic) bond motifs is 1. The number of thiophene rings is 1. The number of anilines is 1. The van der Waals surface area contributed by atoms with Crippen LogP contribution in [0.1, 0.15) is 38.6 Å². The molecule has 0 radical (unpaired) electrons. The zero-order chi connectivity index (χ0) is 21.1. The maximum atomic E-state index is 12.7. The van der Waals surface area contributed by atoms with E-state index >= 15 is 0 Å². The van der Waals surface area contributed by atoms with Gasteiger partial charge >= 0.3 is 5.97 Å². The Morgan fingerprint density at radius 1 is 1.27 bits per heavy atom. The van der Waals surface area contributed by atoms with Crippen LogP contribution < -0.4 is 5.32 Å². The molecule has 156 valence electrons. The van der Waals surface area contributed by atoms with Gasteiger partial charge < -0.3 is 15.2 Å². The lowest BCUT2D eigenvalue weighted by molar-refractivity contribution is 0.0607. The third-order valence-corrected chi connectivity index (χ3v) is 6.20. The molecule has 1 aliphatic heterocycles. The Morgan fingerprint density at radius 2 is 2.07 bits per heavy atom. The molecule has 1 amide bonds. The minimum Gasteiger partial charge on any atom is -0.465 e. The summed E-state index contributed by atoms with van der Waals surface area (Å²) in [5, 5.41) is 13.4. The van der Waals surface area contributed by atoms with Crippen LogP contribution >= 0.6 is 11.3 Å². The number of aromatic nitrogens is 1. The molecule has 1 aliphatic rings. The minimum absolute atomic E-state index is 0.296. The van der Waals surface area contributed by atoms with Crippen molar-refractivity contribution >= 4 is 39.1 Å². The monoisotopic (exact) mass is 425 g/mol. The molecule has 1 aromatic carbocycles. The molecule has 4 rings (SSSR count). The van der Waals surface area contributed by atoms with Crippen molar-refractivity contribution in [2.24, 2.45) is 0 Å². The van der Waals surface area contributed by atoms with E-state index in [1.54, 1.807) is 24.3 Å². The standard InChI is InChI=1S/C22H23N3O4S/c1-29-22(28)19-18(24-20(27)14-6-3-2-4-7-14)17-10-9-15(23-21(17)30-19)12-25-11-5-8-16(26)13-25/h2-4,6-7,9-10,16,26H,5,8,11-13H2,1H3,(H,24,27). The largest absolute Gasteiger partial charge is 0.465 e.